The van der Waals surface area contributed by atoms with Crippen LogP contribution in [0.25, 0.3) is 5.82 Å². The Morgan fingerprint density at radius 2 is 2.09 bits per heavy atom. The number of hydrogen-bond donors (Lipinski definition) is 1. The molecule has 2 atom stereocenters. The fourth-order valence-electron chi connectivity index (χ4n) is 3.55. The number of carbonyl (C=O) groups excluding carboxylic acids is 1. The van der Waals surface area contributed by atoms with Gasteiger partial charge in [-0.15, -0.1) is 0 Å². The Kier molecular flexibility index (Phi) is 6.97. The topological polar surface area (TPSA) is 127 Å². The van der Waals surface area contributed by atoms with Crippen molar-refractivity contribution < 1.29 is 31.1 Å². The molecule has 9 nitrogen and oxygen atoms in total. The number of pyridine rings is 1. The number of hydrogen-bond acceptors (Lipinski definition) is 7. The van der Waals surface area contributed by atoms with Crippen molar-refractivity contribution in [1.82, 2.24) is 19.5 Å². The molecule has 1 fully saturated rings. The van der Waals surface area contributed by atoms with Crippen molar-refractivity contribution >= 4 is 15.9 Å². The van der Waals surface area contributed by atoms with Crippen LogP contribution in [0.4, 0.5) is 13.2 Å². The lowest BCUT2D eigenvalue weighted by Crippen LogP contribution is -2.29. The summed E-state index contributed by atoms with van der Waals surface area (Å²) in [5, 5.41) is 13.0. The quantitative estimate of drug-likeness (QED) is 0.665. The Labute approximate surface area is 188 Å². The molecule has 0 radical (unpaired) electrons. The maximum absolute atomic E-state index is 13.5. The molecule has 0 saturated heterocycles. The van der Waals surface area contributed by atoms with Gasteiger partial charge in [0, 0.05) is 12.6 Å². The highest BCUT2D eigenvalue weighted by Crippen LogP contribution is 2.38. The number of ether oxygens (including phenoxy) is 1. The van der Waals surface area contributed by atoms with Gasteiger partial charge in [-0.3, -0.25) is 4.79 Å². The number of rotatable bonds is 6. The Bertz CT molecular complexity index is 1170. The zero-order valence-electron chi connectivity index (χ0n) is 17.9. The van der Waals surface area contributed by atoms with Gasteiger partial charge < -0.3 is 4.74 Å². The van der Waals surface area contributed by atoms with Crippen LogP contribution in [0.1, 0.15) is 57.2 Å². The van der Waals surface area contributed by atoms with Gasteiger partial charge in [0.25, 0.3) is 10.0 Å². The summed E-state index contributed by atoms with van der Waals surface area (Å²) in [6.45, 7) is 3.49. The standard InChI is InChI=1S/C20H22F3N5O4S/c1-3-17(29)27-33(30,31)14-7-8-16(25-11-14)28-19(32-13-6-4-5-12(2)9-13)15(10-24)18(26-28)20(21,22)23/h7-8,11-13H,3-6,9H2,1-2H3,(H,27,29). The molecule has 2 unspecified atom stereocenters. The first-order valence-corrected chi connectivity index (χ1v) is 11.7. The first-order chi connectivity index (χ1) is 15.5. The van der Waals surface area contributed by atoms with Crippen LogP contribution < -0.4 is 9.46 Å². The van der Waals surface area contributed by atoms with E-state index in [0.29, 0.717) is 18.8 Å². The van der Waals surface area contributed by atoms with Crippen molar-refractivity contribution in [2.24, 2.45) is 5.92 Å². The summed E-state index contributed by atoms with van der Waals surface area (Å²) in [4.78, 5) is 15.0. The summed E-state index contributed by atoms with van der Waals surface area (Å²) in [6.07, 6.45) is -1.46. The molecule has 1 amide bonds. The number of halogens is 3. The second-order valence-electron chi connectivity index (χ2n) is 7.80. The largest absolute Gasteiger partial charge is 0.473 e. The summed E-state index contributed by atoms with van der Waals surface area (Å²) in [6, 6.07) is 3.72. The van der Waals surface area contributed by atoms with Crippen LogP contribution in [0.15, 0.2) is 23.2 Å². The van der Waals surface area contributed by atoms with Crippen LogP contribution >= 0.6 is 0 Å². The Morgan fingerprint density at radius 3 is 2.64 bits per heavy atom. The van der Waals surface area contributed by atoms with Crippen LogP contribution in [0.5, 0.6) is 5.88 Å². The minimum Gasteiger partial charge on any atom is -0.473 e. The van der Waals surface area contributed by atoms with Crippen LogP contribution in [-0.4, -0.2) is 35.2 Å². The zero-order chi connectivity index (χ0) is 24.4. The minimum absolute atomic E-state index is 0.0599. The first kappa shape index (κ1) is 24.5. The smallest absolute Gasteiger partial charge is 0.436 e. The van der Waals surface area contributed by atoms with Gasteiger partial charge in [0.1, 0.15) is 22.6 Å². The van der Waals surface area contributed by atoms with Crippen molar-refractivity contribution in [2.75, 3.05) is 0 Å². The molecule has 2 aromatic heterocycles. The van der Waals surface area contributed by atoms with E-state index in [-0.39, 0.29) is 17.1 Å². The van der Waals surface area contributed by atoms with Crippen molar-refractivity contribution in [3.63, 3.8) is 0 Å². The van der Waals surface area contributed by atoms with E-state index >= 15 is 0 Å². The third kappa shape index (κ3) is 5.44. The van der Waals surface area contributed by atoms with Crippen LogP contribution in [-0.2, 0) is 21.0 Å². The molecular weight excluding hydrogens is 463 g/mol. The summed E-state index contributed by atoms with van der Waals surface area (Å²) < 4.78 is 73.5. The van der Waals surface area contributed by atoms with E-state index in [1.165, 1.54) is 13.0 Å². The van der Waals surface area contributed by atoms with E-state index in [1.807, 2.05) is 11.6 Å². The molecule has 0 aliphatic heterocycles. The number of nitrogens with zero attached hydrogens (tertiary/aromatic N) is 4. The van der Waals surface area contributed by atoms with E-state index in [0.717, 1.165) is 35.9 Å². The number of carbonyl (C=O) groups is 1. The predicted molar refractivity (Wildman–Crippen MR) is 109 cm³/mol. The van der Waals surface area contributed by atoms with Crippen molar-refractivity contribution in [3.05, 3.63) is 29.6 Å². The number of aromatic nitrogens is 3. The zero-order valence-corrected chi connectivity index (χ0v) is 18.7. The van der Waals surface area contributed by atoms with Gasteiger partial charge >= 0.3 is 6.18 Å². The fourth-order valence-corrected chi connectivity index (χ4v) is 4.55. The van der Waals surface area contributed by atoms with E-state index in [2.05, 4.69) is 10.1 Å². The second kappa shape index (κ2) is 9.38. The van der Waals surface area contributed by atoms with Gasteiger partial charge in [-0.25, -0.2) is 18.1 Å². The SMILES string of the molecule is CCC(=O)NS(=O)(=O)c1ccc(-n2nc(C(F)(F)F)c(C#N)c2OC2CCCC(C)C2)nc1. The van der Waals surface area contributed by atoms with Crippen LogP contribution in [0.3, 0.4) is 0 Å². The van der Waals surface area contributed by atoms with Crippen molar-refractivity contribution in [3.8, 4) is 17.8 Å². The molecule has 0 aromatic carbocycles. The van der Waals surface area contributed by atoms with E-state index in [1.54, 1.807) is 0 Å². The molecule has 0 bridgehead atoms. The molecule has 1 aliphatic rings. The average molecular weight is 485 g/mol. The molecule has 3 rings (SSSR count). The first-order valence-electron chi connectivity index (χ1n) is 10.2. The Morgan fingerprint density at radius 1 is 1.36 bits per heavy atom. The lowest BCUT2D eigenvalue weighted by molar-refractivity contribution is -0.141. The van der Waals surface area contributed by atoms with E-state index in [4.69, 9.17) is 4.74 Å². The van der Waals surface area contributed by atoms with Gasteiger partial charge in [0.15, 0.2) is 11.5 Å². The molecule has 1 aliphatic carbocycles. The summed E-state index contributed by atoms with van der Waals surface area (Å²) >= 11 is 0. The Hall–Kier alpha value is -3.14. The molecule has 33 heavy (non-hydrogen) atoms. The van der Waals surface area contributed by atoms with Crippen LogP contribution in [0, 0.1) is 17.2 Å². The van der Waals surface area contributed by atoms with Crippen molar-refractivity contribution in [1.29, 1.82) is 5.26 Å². The lowest BCUT2D eigenvalue weighted by Gasteiger charge is -2.27. The summed E-state index contributed by atoms with van der Waals surface area (Å²) in [5.41, 5.74) is -2.19. The summed E-state index contributed by atoms with van der Waals surface area (Å²) in [5.74, 6) is -0.987. The maximum Gasteiger partial charge on any atom is 0.436 e. The highest BCUT2D eigenvalue weighted by molar-refractivity contribution is 7.90. The van der Waals surface area contributed by atoms with Gasteiger partial charge in [-0.2, -0.15) is 28.2 Å². The fraction of sp³-hybridized carbons (Fsp3) is 0.500. The second-order valence-corrected chi connectivity index (χ2v) is 9.48. The van der Waals surface area contributed by atoms with Crippen molar-refractivity contribution in [2.45, 2.75) is 63.1 Å². The molecule has 1 saturated carbocycles. The van der Waals surface area contributed by atoms with Crippen LogP contribution in [0.2, 0.25) is 0 Å². The molecule has 2 heterocycles. The maximum atomic E-state index is 13.5. The molecule has 1 N–H and O–H groups in total. The van der Waals surface area contributed by atoms with Gasteiger partial charge in [0.05, 0.1) is 0 Å². The van der Waals surface area contributed by atoms with E-state index in [9.17, 15) is 31.6 Å². The number of alkyl halides is 3. The molecule has 0 spiro atoms. The lowest BCUT2D eigenvalue weighted by atomic mass is 9.89. The molecule has 178 valence electrons. The van der Waals surface area contributed by atoms with Gasteiger partial charge in [-0.05, 0) is 37.3 Å². The third-order valence-corrected chi connectivity index (χ3v) is 6.57. The highest BCUT2D eigenvalue weighted by Gasteiger charge is 2.41. The molecular formula is C20H22F3N5O4S. The monoisotopic (exact) mass is 485 g/mol. The third-order valence-electron chi connectivity index (χ3n) is 5.21. The summed E-state index contributed by atoms with van der Waals surface area (Å²) in [7, 11) is -4.20. The van der Waals surface area contributed by atoms with E-state index < -0.39 is 45.3 Å². The number of amides is 1. The predicted octanol–water partition coefficient (Wildman–Crippen LogP) is 3.33. The average Bonchev–Trinajstić information content (AvgIpc) is 3.12. The van der Waals surface area contributed by atoms with Gasteiger partial charge in [-0.1, -0.05) is 20.3 Å². The Balaban J connectivity index is 2.03. The number of nitrogens with one attached hydrogen (secondary N) is 1. The minimum atomic E-state index is -4.91. The number of nitriles is 1. The normalized spacial score (nSPS) is 19.0. The highest BCUT2D eigenvalue weighted by atomic mass is 32.2. The van der Waals surface area contributed by atoms with Gasteiger partial charge in [0.2, 0.25) is 11.8 Å². The number of sulfonamides is 1. The molecule has 13 heteroatoms. The molecule has 2 aromatic rings.